The van der Waals surface area contributed by atoms with Crippen LogP contribution in [0.4, 0.5) is 0 Å². The van der Waals surface area contributed by atoms with E-state index in [0.29, 0.717) is 28.1 Å². The van der Waals surface area contributed by atoms with Crippen molar-refractivity contribution in [3.63, 3.8) is 0 Å². The first-order chi connectivity index (χ1) is 10.1. The van der Waals surface area contributed by atoms with Crippen molar-refractivity contribution in [2.45, 2.75) is 26.3 Å². The van der Waals surface area contributed by atoms with Gasteiger partial charge >= 0.3 is 0 Å². The van der Waals surface area contributed by atoms with Crippen molar-refractivity contribution in [1.29, 1.82) is 0 Å². The standard InChI is InChI=1S/C14H16ClN3O3/c1-3-4-13-17-12(18-21-13)8-16-14(19)10-7-9(15)5-6-11(10)20-2/h5-7H,3-4,8H2,1-2H3,(H,16,19). The number of rotatable bonds is 6. The number of nitrogens with one attached hydrogen (secondary N) is 1. The average Bonchev–Trinajstić information content (AvgIpc) is 2.93. The minimum absolute atomic E-state index is 0.182. The van der Waals surface area contributed by atoms with Gasteiger partial charge in [0.25, 0.3) is 5.91 Å². The number of methoxy groups -OCH3 is 1. The van der Waals surface area contributed by atoms with Crippen LogP contribution in [0.2, 0.25) is 5.02 Å². The molecule has 0 saturated heterocycles. The molecule has 1 aromatic carbocycles. The van der Waals surface area contributed by atoms with Crippen molar-refractivity contribution in [3.05, 3.63) is 40.5 Å². The van der Waals surface area contributed by atoms with E-state index in [1.54, 1.807) is 18.2 Å². The molecule has 0 fully saturated rings. The Morgan fingerprint density at radius 2 is 2.29 bits per heavy atom. The second kappa shape index (κ2) is 7.08. The minimum atomic E-state index is -0.309. The second-order valence-corrected chi connectivity index (χ2v) is 4.82. The lowest BCUT2D eigenvalue weighted by Gasteiger charge is -2.08. The molecule has 0 saturated carbocycles. The van der Waals surface area contributed by atoms with E-state index in [1.165, 1.54) is 7.11 Å². The Hall–Kier alpha value is -2.08. The Morgan fingerprint density at radius 1 is 1.48 bits per heavy atom. The van der Waals surface area contributed by atoms with E-state index in [4.69, 9.17) is 20.9 Å². The number of hydrogen-bond acceptors (Lipinski definition) is 5. The van der Waals surface area contributed by atoms with Gasteiger partial charge in [-0.25, -0.2) is 0 Å². The molecule has 1 aromatic heterocycles. The third-order valence-corrected chi connectivity index (χ3v) is 3.02. The van der Waals surface area contributed by atoms with E-state index in [9.17, 15) is 4.79 Å². The van der Waals surface area contributed by atoms with E-state index >= 15 is 0 Å². The van der Waals surface area contributed by atoms with Gasteiger partial charge in [-0.2, -0.15) is 4.98 Å². The van der Waals surface area contributed by atoms with Crippen molar-refractivity contribution in [2.24, 2.45) is 0 Å². The SMILES string of the molecule is CCCc1nc(CNC(=O)c2cc(Cl)ccc2OC)no1. The minimum Gasteiger partial charge on any atom is -0.496 e. The van der Waals surface area contributed by atoms with Crippen LogP contribution in [0.1, 0.15) is 35.4 Å². The molecule has 0 aliphatic heterocycles. The molecule has 0 unspecified atom stereocenters. The molecule has 0 atom stereocenters. The molecule has 0 bridgehead atoms. The van der Waals surface area contributed by atoms with E-state index < -0.39 is 0 Å². The zero-order valence-electron chi connectivity index (χ0n) is 11.9. The summed E-state index contributed by atoms with van der Waals surface area (Å²) in [6, 6.07) is 4.85. The zero-order chi connectivity index (χ0) is 15.2. The molecule has 7 heteroatoms. The maximum Gasteiger partial charge on any atom is 0.255 e. The van der Waals surface area contributed by atoms with Crippen LogP contribution in [-0.2, 0) is 13.0 Å². The smallest absolute Gasteiger partial charge is 0.255 e. The van der Waals surface area contributed by atoms with Gasteiger partial charge in [0.05, 0.1) is 19.2 Å². The Bertz CT molecular complexity index is 628. The van der Waals surface area contributed by atoms with Gasteiger partial charge < -0.3 is 14.6 Å². The van der Waals surface area contributed by atoms with Gasteiger partial charge in [-0.1, -0.05) is 23.7 Å². The molecule has 2 rings (SSSR count). The molecule has 0 aliphatic carbocycles. The summed E-state index contributed by atoms with van der Waals surface area (Å²) in [7, 11) is 1.50. The van der Waals surface area contributed by atoms with Crippen LogP contribution < -0.4 is 10.1 Å². The summed E-state index contributed by atoms with van der Waals surface area (Å²) >= 11 is 5.90. The Morgan fingerprint density at radius 3 is 3.00 bits per heavy atom. The summed E-state index contributed by atoms with van der Waals surface area (Å²) in [5.74, 6) is 1.16. The van der Waals surface area contributed by atoms with E-state index in [1.807, 2.05) is 6.92 Å². The first kappa shape index (κ1) is 15.3. The van der Waals surface area contributed by atoms with Gasteiger partial charge in [-0.3, -0.25) is 4.79 Å². The quantitative estimate of drug-likeness (QED) is 0.887. The van der Waals surface area contributed by atoms with Crippen molar-refractivity contribution >= 4 is 17.5 Å². The largest absolute Gasteiger partial charge is 0.496 e. The van der Waals surface area contributed by atoms with Gasteiger partial charge in [-0.15, -0.1) is 0 Å². The predicted molar refractivity (Wildman–Crippen MR) is 77.5 cm³/mol. The highest BCUT2D eigenvalue weighted by Crippen LogP contribution is 2.22. The molecule has 0 aliphatic rings. The average molecular weight is 310 g/mol. The lowest BCUT2D eigenvalue weighted by Crippen LogP contribution is -2.24. The fraction of sp³-hybridized carbons (Fsp3) is 0.357. The fourth-order valence-electron chi connectivity index (χ4n) is 1.79. The number of amides is 1. The van der Waals surface area contributed by atoms with E-state index in [-0.39, 0.29) is 12.5 Å². The van der Waals surface area contributed by atoms with Crippen molar-refractivity contribution in [2.75, 3.05) is 7.11 Å². The third-order valence-electron chi connectivity index (χ3n) is 2.79. The maximum atomic E-state index is 12.1. The highest BCUT2D eigenvalue weighted by atomic mass is 35.5. The zero-order valence-corrected chi connectivity index (χ0v) is 12.6. The third kappa shape index (κ3) is 3.95. The van der Waals surface area contributed by atoms with Crippen molar-refractivity contribution < 1.29 is 14.1 Å². The number of ether oxygens (including phenoxy) is 1. The lowest BCUT2D eigenvalue weighted by atomic mass is 10.2. The molecule has 1 N–H and O–H groups in total. The summed E-state index contributed by atoms with van der Waals surface area (Å²) in [6.07, 6.45) is 1.65. The Kier molecular flexibility index (Phi) is 5.16. The topological polar surface area (TPSA) is 77.2 Å². The number of aromatic nitrogens is 2. The summed E-state index contributed by atoms with van der Waals surface area (Å²) in [4.78, 5) is 16.3. The van der Waals surface area contributed by atoms with E-state index in [0.717, 1.165) is 12.8 Å². The molecule has 1 heterocycles. The molecule has 2 aromatic rings. The molecule has 1 amide bonds. The van der Waals surface area contributed by atoms with Gasteiger partial charge in [0.1, 0.15) is 5.75 Å². The molecule has 0 spiro atoms. The molecular formula is C14H16ClN3O3. The molecule has 112 valence electrons. The summed E-state index contributed by atoms with van der Waals surface area (Å²) in [5, 5.41) is 6.98. The number of carbonyl (C=O) groups excluding carboxylic acids is 1. The summed E-state index contributed by atoms with van der Waals surface area (Å²) < 4.78 is 10.2. The fourth-order valence-corrected chi connectivity index (χ4v) is 1.96. The van der Waals surface area contributed by atoms with Crippen LogP contribution in [-0.4, -0.2) is 23.2 Å². The van der Waals surface area contributed by atoms with E-state index in [2.05, 4.69) is 15.5 Å². The van der Waals surface area contributed by atoms with Gasteiger partial charge in [0.15, 0.2) is 5.82 Å². The molecule has 21 heavy (non-hydrogen) atoms. The first-order valence-electron chi connectivity index (χ1n) is 6.57. The molecule has 0 radical (unpaired) electrons. The molecular weight excluding hydrogens is 294 g/mol. The van der Waals surface area contributed by atoms with Crippen LogP contribution >= 0.6 is 11.6 Å². The summed E-state index contributed by atoms with van der Waals surface area (Å²) in [5.41, 5.74) is 0.363. The highest BCUT2D eigenvalue weighted by Gasteiger charge is 2.14. The normalized spacial score (nSPS) is 10.4. The Labute approximate surface area is 127 Å². The second-order valence-electron chi connectivity index (χ2n) is 4.38. The number of hydrogen-bond donors (Lipinski definition) is 1. The molecule has 6 nitrogen and oxygen atoms in total. The van der Waals surface area contributed by atoms with Crippen LogP contribution in [0.25, 0.3) is 0 Å². The van der Waals surface area contributed by atoms with Crippen LogP contribution in [0.3, 0.4) is 0 Å². The maximum absolute atomic E-state index is 12.1. The number of carbonyl (C=O) groups is 1. The number of nitrogens with zero attached hydrogens (tertiary/aromatic N) is 2. The number of halogens is 1. The van der Waals surface area contributed by atoms with Gasteiger partial charge in [-0.05, 0) is 24.6 Å². The number of benzene rings is 1. The first-order valence-corrected chi connectivity index (χ1v) is 6.95. The predicted octanol–water partition coefficient (Wildman–Crippen LogP) is 2.61. The van der Waals surface area contributed by atoms with Crippen LogP contribution in [0.5, 0.6) is 5.75 Å². The van der Waals surface area contributed by atoms with Crippen molar-refractivity contribution in [1.82, 2.24) is 15.5 Å². The van der Waals surface area contributed by atoms with Gasteiger partial charge in [0, 0.05) is 11.4 Å². The highest BCUT2D eigenvalue weighted by molar-refractivity contribution is 6.31. The lowest BCUT2D eigenvalue weighted by molar-refractivity contribution is 0.0946. The van der Waals surface area contributed by atoms with Crippen LogP contribution in [0, 0.1) is 0 Å². The monoisotopic (exact) mass is 309 g/mol. The summed E-state index contributed by atoms with van der Waals surface area (Å²) in [6.45, 7) is 2.21. The number of aryl methyl sites for hydroxylation is 1. The van der Waals surface area contributed by atoms with Crippen LogP contribution in [0.15, 0.2) is 22.7 Å². The van der Waals surface area contributed by atoms with Gasteiger partial charge in [0.2, 0.25) is 5.89 Å². The Balaban J connectivity index is 2.02. The van der Waals surface area contributed by atoms with Crippen molar-refractivity contribution in [3.8, 4) is 5.75 Å².